The summed E-state index contributed by atoms with van der Waals surface area (Å²) in [5.74, 6) is 0. The van der Waals surface area contributed by atoms with E-state index in [1.54, 1.807) is 0 Å². The van der Waals surface area contributed by atoms with Crippen molar-refractivity contribution in [2.75, 3.05) is 19.3 Å². The minimum atomic E-state index is -4.73. The van der Waals surface area contributed by atoms with Gasteiger partial charge >= 0.3 is 241 Å². The van der Waals surface area contributed by atoms with Crippen LogP contribution in [0.15, 0.2) is 60.7 Å². The second-order valence-corrected chi connectivity index (χ2v) is 43.2. The molecule has 0 radical (unpaired) electrons. The van der Waals surface area contributed by atoms with Crippen LogP contribution in [0.3, 0.4) is 0 Å². The fourth-order valence-corrected chi connectivity index (χ4v) is 122. The molecule has 12 heterocycles. The first kappa shape index (κ1) is 22.3. The third-order valence-corrected chi connectivity index (χ3v) is 71.1. The van der Waals surface area contributed by atoms with Crippen molar-refractivity contribution in [1.29, 1.82) is 0 Å². The van der Waals surface area contributed by atoms with Crippen molar-refractivity contribution < 1.29 is 6.51 Å². The number of fused-ring (bicyclic) bond motifs is 10. The van der Waals surface area contributed by atoms with Gasteiger partial charge in [-0.25, -0.2) is 0 Å². The normalized spacial score (nSPS) is 73.0. The molecule has 0 aromatic heterocycles. The van der Waals surface area contributed by atoms with Crippen LogP contribution in [0.4, 0.5) is 0 Å². The molecule has 2 aromatic carbocycles. The quantitative estimate of drug-likeness (QED) is 0.254. The molecule has 12 aliphatic rings. The van der Waals surface area contributed by atoms with Gasteiger partial charge in [0, 0.05) is 0 Å². The SMILES string of the molecule is CC(C)(C)[C]12[C]3(c4ccccc4)[C]4(c5ccccc5)[C]5(CP)[C]1(C(P)(C1CCCN1)C1CCCN1)[Fe]54321678[CH]2[CH]1[CH]6[CH]7[CH]28. The van der Waals surface area contributed by atoms with Crippen molar-refractivity contribution in [3.63, 3.8) is 0 Å². The predicted molar refractivity (Wildman–Crippen MR) is 172 cm³/mol. The van der Waals surface area contributed by atoms with Gasteiger partial charge in [0.25, 0.3) is 0 Å². The molecule has 12 fully saturated rings. The van der Waals surface area contributed by atoms with E-state index in [9.17, 15) is 0 Å². The predicted octanol–water partition coefficient (Wildman–Crippen LogP) is 7.74. The van der Waals surface area contributed by atoms with Gasteiger partial charge in [-0.05, 0) is 0 Å². The summed E-state index contributed by atoms with van der Waals surface area (Å²) in [5.41, 5.74) is 3.99. The van der Waals surface area contributed by atoms with Crippen LogP contribution in [0.2, 0.25) is 37.0 Å². The molecule has 1 spiro atoms. The fraction of sp³-hybridized carbons (Fsp3) is 0.667. The maximum absolute atomic E-state index is 4.73. The Morgan fingerprint density at radius 3 is 1.56 bits per heavy atom. The summed E-state index contributed by atoms with van der Waals surface area (Å²) < 4.78 is 2.63. The van der Waals surface area contributed by atoms with Crippen LogP contribution in [0.5, 0.6) is 0 Å². The summed E-state index contributed by atoms with van der Waals surface area (Å²) in [7, 11) is 7.46. The van der Waals surface area contributed by atoms with Crippen molar-refractivity contribution in [2.45, 2.75) is 109 Å². The average Bonchev–Trinajstić information content (AvgIpc) is 3.79. The Kier molecular flexibility index (Phi) is 1.84. The summed E-state index contributed by atoms with van der Waals surface area (Å²) >= 11 is 0. The van der Waals surface area contributed by atoms with Crippen molar-refractivity contribution in [1.82, 2.24) is 10.6 Å². The molecular weight excluding hydrogens is 578 g/mol. The van der Waals surface area contributed by atoms with E-state index >= 15 is 0 Å². The first-order valence-electron chi connectivity index (χ1n) is 16.9. The molecule has 2 nitrogen and oxygen atoms in total. The second kappa shape index (κ2) is 3.38. The summed E-state index contributed by atoms with van der Waals surface area (Å²) in [6, 6.07) is 26.3. The van der Waals surface area contributed by atoms with Crippen molar-refractivity contribution in [2.24, 2.45) is 5.41 Å². The molecule has 0 bridgehead atoms. The van der Waals surface area contributed by atoms with Crippen molar-refractivity contribution in [3.05, 3.63) is 71.8 Å². The average molecular weight is 625 g/mol. The van der Waals surface area contributed by atoms with Crippen LogP contribution in [-0.2, 0) is 15.1 Å². The van der Waals surface area contributed by atoms with Gasteiger partial charge in [-0.2, -0.15) is 0 Å². The van der Waals surface area contributed by atoms with Crippen LogP contribution in [-0.4, -0.2) is 36.5 Å². The fourth-order valence-electron chi connectivity index (χ4n) is 28.2. The number of rotatable bonds is 6. The molecule has 2 N–H and O–H groups in total. The van der Waals surface area contributed by atoms with Gasteiger partial charge in [0.2, 0.25) is 0 Å². The zero-order valence-corrected chi connectivity index (χ0v) is 28.2. The molecule has 9 atom stereocenters. The summed E-state index contributed by atoms with van der Waals surface area (Å²) in [5, 5.41) is 8.82. The zero-order valence-electron chi connectivity index (χ0n) is 24.8. The Morgan fingerprint density at radius 1 is 0.732 bits per heavy atom. The Balaban J connectivity index is 1.27. The van der Waals surface area contributed by atoms with Crippen LogP contribution < -0.4 is 10.6 Å². The summed E-state index contributed by atoms with van der Waals surface area (Å²) in [4.78, 5) is 5.70. The molecule has 2 aromatic rings. The standard InChI is InChI=1S/C31H41N2P2.C5H5.Fe/c1-30(2,3)29-27(22-14-8-5-9-15-22)26(21-12-6-4-7-13-21)23(20-34)28(29)31(35,24-16-10-18-32-24)25-17-11-19-33-25;1-2-4-5-3-1;/h4-9,12-15,24-25,32-33H,10-11,16-20,34-35H2,1-3H3;1-5H;. The second-order valence-electron chi connectivity index (χ2n) is 19.5. The maximum atomic E-state index is 4.28. The summed E-state index contributed by atoms with van der Waals surface area (Å²) in [6.07, 6.45) is 6.88. The number of hydrogen-bond donors (Lipinski definition) is 2. The third-order valence-electron chi connectivity index (χ3n) is 23.2. The zero-order chi connectivity index (χ0) is 27.4. The van der Waals surface area contributed by atoms with Gasteiger partial charge < -0.3 is 0 Å². The van der Waals surface area contributed by atoms with Crippen LogP contribution in [0, 0.1) is 5.41 Å². The molecule has 218 valence electrons. The van der Waals surface area contributed by atoms with Gasteiger partial charge in [0.15, 0.2) is 0 Å². The molecule has 41 heavy (non-hydrogen) atoms. The van der Waals surface area contributed by atoms with E-state index in [4.69, 9.17) is 0 Å². The van der Waals surface area contributed by atoms with Gasteiger partial charge in [-0.1, -0.05) is 0 Å². The Labute approximate surface area is 240 Å². The van der Waals surface area contributed by atoms with E-state index in [0.29, 0.717) is 39.1 Å². The van der Waals surface area contributed by atoms with Gasteiger partial charge in [-0.15, -0.1) is 0 Å². The number of nitrogens with one attached hydrogen (secondary N) is 2. The van der Waals surface area contributed by atoms with Crippen LogP contribution >= 0.6 is 18.5 Å². The van der Waals surface area contributed by atoms with E-state index in [0.717, 1.165) is 24.1 Å². The Morgan fingerprint density at radius 2 is 1.20 bits per heavy atom. The van der Waals surface area contributed by atoms with Gasteiger partial charge in [0.1, 0.15) is 0 Å². The number of hydrogen-bond acceptors (Lipinski definition) is 2. The topological polar surface area (TPSA) is 24.1 Å². The molecule has 12 saturated heterocycles. The van der Waals surface area contributed by atoms with Crippen molar-refractivity contribution in [3.8, 4) is 0 Å². The Bertz CT molecular complexity index is 2040. The van der Waals surface area contributed by atoms with Crippen LogP contribution in [0.25, 0.3) is 0 Å². The monoisotopic (exact) mass is 624 g/mol. The van der Waals surface area contributed by atoms with Gasteiger partial charge in [-0.3, -0.25) is 0 Å². The van der Waals surface area contributed by atoms with E-state index in [2.05, 4.69) is 111 Å². The van der Waals surface area contributed by atoms with Crippen LogP contribution in [0.1, 0.15) is 57.6 Å². The molecule has 14 rings (SSSR count). The molecule has 9 unspecified atom stereocenters. The minimum absolute atomic E-state index is 0.271. The molecule has 0 amide bonds. The number of benzene rings is 2. The summed E-state index contributed by atoms with van der Waals surface area (Å²) in [6.45, 7) is 6.07. The third kappa shape index (κ3) is 0.476. The first-order valence-corrected chi connectivity index (χ1v) is 24.2. The molecular formula is C36H46FeN2P2. The molecule has 0 saturated carbocycles. The molecule has 0 aliphatic carbocycles. The van der Waals surface area contributed by atoms with E-state index in [1.165, 1.54) is 44.9 Å². The van der Waals surface area contributed by atoms with Crippen molar-refractivity contribution >= 4 is 18.5 Å². The van der Waals surface area contributed by atoms with E-state index < -0.39 is 6.51 Å². The van der Waals surface area contributed by atoms with E-state index in [1.807, 2.05) is 11.1 Å². The molecule has 12 aliphatic heterocycles. The first-order chi connectivity index (χ1) is 19.6. The van der Waals surface area contributed by atoms with E-state index in [-0.39, 0.29) is 5.16 Å². The molecule has 5 heteroatoms. The Hall–Kier alpha value is -0.261. The van der Waals surface area contributed by atoms with Gasteiger partial charge in [0.05, 0.1) is 0 Å².